The van der Waals surface area contributed by atoms with Crippen molar-refractivity contribution in [2.45, 2.75) is 26.3 Å². The Morgan fingerprint density at radius 2 is 1.37 bits per heavy atom. The summed E-state index contributed by atoms with van der Waals surface area (Å²) in [6, 6.07) is 10.1. The normalized spacial score (nSPS) is 11.5. The Morgan fingerprint density at radius 3 is 1.88 bits per heavy atom. The Hall–Kier alpha value is 0.354. The fraction of sp³-hybridized carbons (Fsp3) is 0.294. The molecule has 1 unspecified atom stereocenters. The minimum absolute atomic E-state index is 0. The third-order valence-electron chi connectivity index (χ3n) is 6.47. The molecule has 6 rings (SSSR count). The fourth-order valence-corrected chi connectivity index (χ4v) is 4.72. The number of carbonyl (C=O) groups is 1. The topological polar surface area (TPSA) is 229 Å². The zero-order chi connectivity index (χ0) is 43.8. The molecule has 26 heteroatoms. The van der Waals surface area contributed by atoms with E-state index in [-0.39, 0.29) is 162 Å². The van der Waals surface area contributed by atoms with Gasteiger partial charge in [-0.2, -0.15) is 0 Å². The van der Waals surface area contributed by atoms with Gasteiger partial charge in [0.05, 0.1) is 63.6 Å². The first-order valence-electron chi connectivity index (χ1n) is 16.2. The summed E-state index contributed by atoms with van der Waals surface area (Å²) in [5, 5.41) is 19.2. The van der Waals surface area contributed by atoms with Crippen LogP contribution in [0, 0.1) is 0 Å². The molecule has 0 amide bonds. The van der Waals surface area contributed by atoms with Crippen LogP contribution in [0.1, 0.15) is 33.3 Å². The molecule has 320 valence electrons. The SMILES string of the molecule is CCI.CCOc1cc2c(Cl)ncnc2cc1OC.CCOc1cc2c(cc1OC)NC=NC2Cl.COc1cc2nc[nH]c(=O)c2cc1O.O=CO[O-].O=P(Cl)(Cl)Cl.[Cs+].[Cs+].[H-]. The number of benzene rings is 3. The van der Waals surface area contributed by atoms with Crippen molar-refractivity contribution in [1.29, 1.82) is 0 Å². The summed E-state index contributed by atoms with van der Waals surface area (Å²) < 4.78 is 37.0. The standard InChI is InChI=1S/C11H13ClN2O2.C11H11ClN2O2.C9H8N2O3.C2H5I.CH2O3.Cl3OP.2Cs.H/c2*1-3-16-10-4-7-8(5-9(10)15-2)13-6-14-11(7)12;1-14-8-3-6-5(2-7(8)12)9(13)11-4-10-6;1-2-3;2-1-4-3;1-5(2,3)4;;;/h4-6,11H,3H2,1-2H3,(H,13,14);4-6H,3H2,1-2H3;2-4,12H,1H3,(H,10,11,13);2H2,1H3;1,3H;;;;/q;;;;;;2*+1;-1/p-1. The van der Waals surface area contributed by atoms with E-state index in [0.29, 0.717) is 58.0 Å². The molecule has 17 nitrogen and oxygen atoms in total. The molecule has 3 heterocycles. The molecule has 0 fully saturated rings. The van der Waals surface area contributed by atoms with Gasteiger partial charge in [-0.1, -0.05) is 52.7 Å². The zero-order valence-corrected chi connectivity index (χ0v) is 52.9. The number of fused-ring (bicyclic) bond motifs is 3. The molecule has 60 heavy (non-hydrogen) atoms. The van der Waals surface area contributed by atoms with Gasteiger partial charge in [-0.25, -0.2) is 15.0 Å². The molecule has 0 aliphatic carbocycles. The van der Waals surface area contributed by atoms with Crippen LogP contribution >= 0.6 is 84.7 Å². The molecule has 3 N–H and O–H groups in total. The van der Waals surface area contributed by atoms with Crippen LogP contribution in [0.3, 0.4) is 0 Å². The average molecular weight is 1310 g/mol. The number of aromatic nitrogens is 4. The van der Waals surface area contributed by atoms with Crippen molar-refractivity contribution in [2.24, 2.45) is 4.99 Å². The largest absolute Gasteiger partial charge is 1.00 e. The van der Waals surface area contributed by atoms with Crippen molar-refractivity contribution in [1.82, 2.24) is 19.9 Å². The van der Waals surface area contributed by atoms with Gasteiger partial charge in [-0.05, 0) is 70.2 Å². The Kier molecular flexibility index (Phi) is 36.1. The van der Waals surface area contributed by atoms with Crippen molar-refractivity contribution in [3.63, 3.8) is 0 Å². The number of nitrogens with one attached hydrogen (secondary N) is 2. The van der Waals surface area contributed by atoms with E-state index in [2.05, 4.69) is 98.4 Å². The van der Waals surface area contributed by atoms with Gasteiger partial charge in [0.15, 0.2) is 40.0 Å². The van der Waals surface area contributed by atoms with Crippen molar-refractivity contribution in [3.05, 3.63) is 70.1 Å². The second-order valence-electron chi connectivity index (χ2n) is 10.0. The number of H-pyrrole nitrogens is 1. The number of aromatic hydroxyl groups is 1. The predicted octanol–water partition coefficient (Wildman–Crippen LogP) is 2.92. The quantitative estimate of drug-likeness (QED) is 0.0297. The molecule has 3 aromatic carbocycles. The third-order valence-corrected chi connectivity index (χ3v) is 7.12. The fourth-order valence-electron chi connectivity index (χ4n) is 4.29. The van der Waals surface area contributed by atoms with Crippen LogP contribution in [0.4, 0.5) is 5.69 Å². The predicted molar refractivity (Wildman–Crippen MR) is 236 cm³/mol. The number of hydrogen-bond acceptors (Lipinski definition) is 16. The molecule has 1 atom stereocenters. The maximum absolute atomic E-state index is 11.3. The zero-order valence-electron chi connectivity index (χ0n) is 34.5. The van der Waals surface area contributed by atoms with Crippen molar-refractivity contribution in [2.75, 3.05) is 44.3 Å². The van der Waals surface area contributed by atoms with E-state index in [1.807, 2.05) is 26.0 Å². The minimum atomic E-state index is -3.22. The minimum Gasteiger partial charge on any atom is -1.00 e. The van der Waals surface area contributed by atoms with E-state index < -0.39 is 5.20 Å². The first-order valence-corrected chi connectivity index (χ1v) is 22.9. The summed E-state index contributed by atoms with van der Waals surface area (Å²) in [5.74, 6) is 2.90. The van der Waals surface area contributed by atoms with Crippen LogP contribution in [0.15, 0.2) is 58.8 Å². The number of alkyl halides is 2. The van der Waals surface area contributed by atoms with Gasteiger partial charge in [0.25, 0.3) is 12.0 Å². The Labute approximate surface area is 503 Å². The Balaban J connectivity index is -0.000000715. The van der Waals surface area contributed by atoms with Crippen LogP contribution < -0.4 is 178 Å². The van der Waals surface area contributed by atoms with Gasteiger partial charge < -0.3 is 50.7 Å². The molecule has 0 radical (unpaired) electrons. The number of aliphatic imine (C=N–C) groups is 1. The van der Waals surface area contributed by atoms with Crippen LogP contribution in [0.5, 0.6) is 34.5 Å². The van der Waals surface area contributed by atoms with Crippen molar-refractivity contribution in [3.8, 4) is 34.5 Å². The van der Waals surface area contributed by atoms with Crippen LogP contribution in [0.2, 0.25) is 5.15 Å². The summed E-state index contributed by atoms with van der Waals surface area (Å²) in [6.45, 7) is 6.91. The van der Waals surface area contributed by atoms with E-state index in [4.69, 9.17) is 56.9 Å². The Bertz CT molecular complexity index is 2200. The number of nitrogens with zero attached hydrogens (tertiary/aromatic N) is 4. The van der Waals surface area contributed by atoms with Gasteiger partial charge >= 0.3 is 143 Å². The summed E-state index contributed by atoms with van der Waals surface area (Å²) in [7, 11) is 4.64. The molecule has 1 aliphatic rings. The Morgan fingerprint density at radius 1 is 0.867 bits per heavy atom. The monoisotopic (exact) mass is 1310 g/mol. The first kappa shape index (κ1) is 62.4. The van der Waals surface area contributed by atoms with E-state index >= 15 is 0 Å². The number of rotatable bonds is 8. The molecule has 5 aromatic rings. The van der Waals surface area contributed by atoms with E-state index in [0.717, 1.165) is 22.2 Å². The van der Waals surface area contributed by atoms with Gasteiger partial charge in [-0.15, -0.1) is 0 Å². The molecule has 0 saturated carbocycles. The van der Waals surface area contributed by atoms with Crippen molar-refractivity contribution >= 4 is 125 Å². The maximum atomic E-state index is 11.3. The molecule has 0 bridgehead atoms. The number of hydrogen-bond donors (Lipinski definition) is 3. The number of anilines is 1. The van der Waals surface area contributed by atoms with E-state index in [1.54, 1.807) is 32.7 Å². The molecular weight excluding hydrogens is 1270 g/mol. The van der Waals surface area contributed by atoms with Gasteiger partial charge in [-0.3, -0.25) is 19.1 Å². The van der Waals surface area contributed by atoms with E-state index in [9.17, 15) is 14.5 Å². The van der Waals surface area contributed by atoms with E-state index in [1.165, 1.54) is 36.3 Å². The molecule has 2 aromatic heterocycles. The number of aromatic amines is 1. The van der Waals surface area contributed by atoms with Gasteiger partial charge in [0.2, 0.25) is 0 Å². The average Bonchev–Trinajstić information content (AvgIpc) is 3.19. The number of phenols is 1. The molecule has 0 saturated heterocycles. The molecular formula is C34H39Cl5Cs2IN6O11P. The summed E-state index contributed by atoms with van der Waals surface area (Å²) in [6.07, 6.45) is 4.31. The summed E-state index contributed by atoms with van der Waals surface area (Å²) in [4.78, 5) is 41.0. The smallest absolute Gasteiger partial charge is 1.00 e. The number of carbonyl (C=O) groups excluding carboxylic acids is 1. The molecule has 0 spiro atoms. The first-order chi connectivity index (χ1) is 27.6. The maximum Gasteiger partial charge on any atom is 1.00 e. The van der Waals surface area contributed by atoms with Gasteiger partial charge in [0, 0.05) is 34.8 Å². The second kappa shape index (κ2) is 34.7. The number of halogens is 6. The third kappa shape index (κ3) is 23.0. The van der Waals surface area contributed by atoms with Crippen LogP contribution in [0.25, 0.3) is 21.8 Å². The molecule has 1 aliphatic heterocycles. The second-order valence-corrected chi connectivity index (χ2v) is 19.0. The van der Waals surface area contributed by atoms with Crippen LogP contribution in [-0.2, 0) is 14.2 Å². The number of phenolic OH excluding ortho intramolecular Hbond substituents is 1. The summed E-state index contributed by atoms with van der Waals surface area (Å²) in [5.41, 5.74) is 2.36. The van der Waals surface area contributed by atoms with Gasteiger partial charge in [0.1, 0.15) is 11.5 Å². The van der Waals surface area contributed by atoms with Crippen molar-refractivity contribution < 1.29 is 188 Å². The number of ether oxygens (including phenoxy) is 5. The summed E-state index contributed by atoms with van der Waals surface area (Å²) >= 11 is 28.2. The number of methoxy groups -OCH3 is 3. The van der Waals surface area contributed by atoms with Crippen LogP contribution in [-0.4, -0.2) is 76.8 Å².